The van der Waals surface area contributed by atoms with Crippen LogP contribution < -0.4 is 10.1 Å². The molecule has 0 spiro atoms. The van der Waals surface area contributed by atoms with E-state index in [-0.39, 0.29) is 0 Å². The third kappa shape index (κ3) is 4.83. The van der Waals surface area contributed by atoms with Gasteiger partial charge in [0.05, 0.1) is 0 Å². The summed E-state index contributed by atoms with van der Waals surface area (Å²) in [5.74, 6) is 0.889. The van der Waals surface area contributed by atoms with Crippen LogP contribution >= 0.6 is 11.3 Å². The van der Waals surface area contributed by atoms with Crippen molar-refractivity contribution in [1.82, 2.24) is 5.32 Å². The van der Waals surface area contributed by atoms with Crippen molar-refractivity contribution in [3.05, 3.63) is 64.9 Å². The topological polar surface area (TPSA) is 21.3 Å². The van der Waals surface area contributed by atoms with Gasteiger partial charge in [-0.25, -0.2) is 0 Å². The van der Waals surface area contributed by atoms with Gasteiger partial charge in [0.2, 0.25) is 0 Å². The minimum absolute atomic E-state index is 0.473. The molecule has 2 nitrogen and oxygen atoms in total. The quantitative estimate of drug-likeness (QED) is 0.740. The van der Waals surface area contributed by atoms with E-state index in [1.54, 1.807) is 17.4 Å². The second-order valence-corrected chi connectivity index (χ2v) is 5.64. The fourth-order valence-corrected chi connectivity index (χ4v) is 2.67. The van der Waals surface area contributed by atoms with E-state index in [0.29, 0.717) is 12.6 Å². The van der Waals surface area contributed by atoms with Gasteiger partial charge in [-0.05, 0) is 53.4 Å². The molecule has 1 unspecified atom stereocenters. The van der Waals surface area contributed by atoms with Gasteiger partial charge in [0, 0.05) is 12.6 Å². The Hall–Kier alpha value is -1.58. The van der Waals surface area contributed by atoms with E-state index in [2.05, 4.69) is 47.8 Å². The molecule has 2 aromatic rings. The molecule has 0 bridgehead atoms. The highest BCUT2D eigenvalue weighted by molar-refractivity contribution is 7.07. The number of benzene rings is 1. The summed E-state index contributed by atoms with van der Waals surface area (Å²) < 4.78 is 5.47. The highest BCUT2D eigenvalue weighted by Crippen LogP contribution is 2.13. The maximum Gasteiger partial charge on any atom is 0.119 e. The van der Waals surface area contributed by atoms with Crippen LogP contribution in [0.2, 0.25) is 0 Å². The van der Waals surface area contributed by atoms with Crippen molar-refractivity contribution >= 4 is 11.3 Å². The predicted molar refractivity (Wildman–Crippen MR) is 86.5 cm³/mol. The van der Waals surface area contributed by atoms with Crippen molar-refractivity contribution in [3.63, 3.8) is 0 Å². The Kier molecular flexibility index (Phi) is 5.84. The van der Waals surface area contributed by atoms with Crippen molar-refractivity contribution < 1.29 is 4.74 Å². The molecule has 0 amide bonds. The SMILES string of the molecule is C=CCOc1ccc(CNC(C)Cc2ccsc2)cc1. The third-order valence-corrected chi connectivity index (χ3v) is 3.80. The van der Waals surface area contributed by atoms with Crippen molar-refractivity contribution in [1.29, 1.82) is 0 Å². The molecule has 106 valence electrons. The van der Waals surface area contributed by atoms with E-state index in [4.69, 9.17) is 4.74 Å². The maximum absolute atomic E-state index is 5.47. The van der Waals surface area contributed by atoms with Gasteiger partial charge in [0.25, 0.3) is 0 Å². The summed E-state index contributed by atoms with van der Waals surface area (Å²) in [6.45, 7) is 7.29. The Labute approximate surface area is 125 Å². The molecular formula is C17H21NOS. The van der Waals surface area contributed by atoms with Crippen molar-refractivity contribution in [3.8, 4) is 5.75 Å². The van der Waals surface area contributed by atoms with Gasteiger partial charge < -0.3 is 10.1 Å². The first-order chi connectivity index (χ1) is 9.78. The van der Waals surface area contributed by atoms with Crippen LogP contribution in [0.25, 0.3) is 0 Å². The fraction of sp³-hybridized carbons (Fsp3) is 0.294. The Morgan fingerprint density at radius 3 is 2.70 bits per heavy atom. The summed E-state index contributed by atoms with van der Waals surface area (Å²) >= 11 is 1.76. The minimum Gasteiger partial charge on any atom is -0.490 e. The number of ether oxygens (including phenoxy) is 1. The summed E-state index contributed by atoms with van der Waals surface area (Å²) in [6, 6.07) is 10.9. The summed E-state index contributed by atoms with van der Waals surface area (Å²) in [6.07, 6.45) is 2.83. The molecule has 0 fully saturated rings. The van der Waals surface area contributed by atoms with E-state index in [0.717, 1.165) is 18.7 Å². The molecule has 0 aliphatic carbocycles. The van der Waals surface area contributed by atoms with Gasteiger partial charge >= 0.3 is 0 Å². The Morgan fingerprint density at radius 2 is 2.05 bits per heavy atom. The average Bonchev–Trinajstić information content (AvgIpc) is 2.97. The van der Waals surface area contributed by atoms with Crippen molar-refractivity contribution in [2.45, 2.75) is 25.9 Å². The highest BCUT2D eigenvalue weighted by Gasteiger charge is 2.03. The monoisotopic (exact) mass is 287 g/mol. The molecule has 0 saturated heterocycles. The zero-order valence-corrected chi connectivity index (χ0v) is 12.7. The predicted octanol–water partition coefficient (Wildman–Crippen LogP) is 4.03. The minimum atomic E-state index is 0.473. The molecule has 3 heteroatoms. The fourth-order valence-electron chi connectivity index (χ4n) is 1.99. The number of nitrogens with one attached hydrogen (secondary N) is 1. The van der Waals surface area contributed by atoms with Crippen LogP contribution in [0.4, 0.5) is 0 Å². The molecule has 1 aromatic heterocycles. The Bertz CT molecular complexity index is 504. The number of hydrogen-bond acceptors (Lipinski definition) is 3. The largest absolute Gasteiger partial charge is 0.490 e. The van der Waals surface area contributed by atoms with Gasteiger partial charge in [0.15, 0.2) is 0 Å². The van der Waals surface area contributed by atoms with Crippen LogP contribution in [0.5, 0.6) is 5.75 Å². The Balaban J connectivity index is 1.77. The normalized spacial score (nSPS) is 12.1. The maximum atomic E-state index is 5.47. The first-order valence-corrected chi connectivity index (χ1v) is 7.79. The summed E-state index contributed by atoms with van der Waals surface area (Å²) in [5, 5.41) is 7.89. The van der Waals surface area contributed by atoms with Gasteiger partial charge in [-0.1, -0.05) is 24.8 Å². The van der Waals surface area contributed by atoms with E-state index >= 15 is 0 Å². The van der Waals surface area contributed by atoms with Gasteiger partial charge in [-0.2, -0.15) is 11.3 Å². The van der Waals surface area contributed by atoms with E-state index in [1.807, 2.05) is 12.1 Å². The van der Waals surface area contributed by atoms with E-state index < -0.39 is 0 Å². The van der Waals surface area contributed by atoms with Crippen LogP contribution in [0.3, 0.4) is 0 Å². The molecule has 1 heterocycles. The highest BCUT2D eigenvalue weighted by atomic mass is 32.1. The lowest BCUT2D eigenvalue weighted by Gasteiger charge is -2.13. The second-order valence-electron chi connectivity index (χ2n) is 4.86. The lowest BCUT2D eigenvalue weighted by molar-refractivity contribution is 0.363. The van der Waals surface area contributed by atoms with Crippen LogP contribution in [0, 0.1) is 0 Å². The van der Waals surface area contributed by atoms with Gasteiger partial charge in [0.1, 0.15) is 12.4 Å². The van der Waals surface area contributed by atoms with E-state index in [9.17, 15) is 0 Å². The molecule has 1 aromatic carbocycles. The van der Waals surface area contributed by atoms with Crippen LogP contribution in [0.1, 0.15) is 18.1 Å². The molecule has 0 saturated carbocycles. The second kappa shape index (κ2) is 7.88. The molecule has 2 rings (SSSR count). The molecule has 1 N–H and O–H groups in total. The lowest BCUT2D eigenvalue weighted by atomic mass is 10.1. The zero-order valence-electron chi connectivity index (χ0n) is 11.8. The first-order valence-electron chi connectivity index (χ1n) is 6.85. The average molecular weight is 287 g/mol. The first kappa shape index (κ1) is 14.8. The zero-order chi connectivity index (χ0) is 14.2. The number of thiophene rings is 1. The summed E-state index contributed by atoms with van der Waals surface area (Å²) in [4.78, 5) is 0. The van der Waals surface area contributed by atoms with Gasteiger partial charge in [-0.15, -0.1) is 0 Å². The molecular weight excluding hydrogens is 266 g/mol. The lowest BCUT2D eigenvalue weighted by Crippen LogP contribution is -2.27. The molecule has 0 aliphatic heterocycles. The Morgan fingerprint density at radius 1 is 1.25 bits per heavy atom. The molecule has 0 aliphatic rings. The van der Waals surface area contributed by atoms with E-state index in [1.165, 1.54) is 11.1 Å². The van der Waals surface area contributed by atoms with Crippen LogP contribution in [-0.2, 0) is 13.0 Å². The number of rotatable bonds is 8. The molecule has 0 radical (unpaired) electrons. The molecule has 20 heavy (non-hydrogen) atoms. The third-order valence-electron chi connectivity index (χ3n) is 3.07. The van der Waals surface area contributed by atoms with Crippen LogP contribution in [-0.4, -0.2) is 12.6 Å². The van der Waals surface area contributed by atoms with Crippen molar-refractivity contribution in [2.24, 2.45) is 0 Å². The standard InChI is InChI=1S/C17H21NOS/c1-3-9-19-17-6-4-15(5-7-17)12-18-14(2)11-16-8-10-20-13-16/h3-8,10,13-14,18H,1,9,11-12H2,2H3. The summed E-state index contributed by atoms with van der Waals surface area (Å²) in [5.41, 5.74) is 2.68. The van der Waals surface area contributed by atoms with Crippen molar-refractivity contribution in [2.75, 3.05) is 6.61 Å². The van der Waals surface area contributed by atoms with Crippen LogP contribution in [0.15, 0.2) is 53.7 Å². The smallest absolute Gasteiger partial charge is 0.119 e. The summed E-state index contributed by atoms with van der Waals surface area (Å²) in [7, 11) is 0. The number of hydrogen-bond donors (Lipinski definition) is 1. The molecule has 1 atom stereocenters. The van der Waals surface area contributed by atoms with Gasteiger partial charge in [-0.3, -0.25) is 0 Å².